The van der Waals surface area contributed by atoms with Gasteiger partial charge in [-0.25, -0.2) is 4.98 Å². The molecule has 1 aliphatic heterocycles. The average molecular weight is 502 g/mol. The zero-order valence-electron chi connectivity index (χ0n) is 21.0. The van der Waals surface area contributed by atoms with E-state index in [1.807, 2.05) is 12.3 Å². The largest absolute Gasteiger partial charge is 0.358 e. The van der Waals surface area contributed by atoms with Gasteiger partial charge in [0.25, 0.3) is 0 Å². The maximum atomic E-state index is 5.36. The Morgan fingerprint density at radius 2 is 1.51 bits per heavy atom. The first-order valence-electron chi connectivity index (χ1n) is 13.4. The molecule has 0 spiro atoms. The van der Waals surface area contributed by atoms with Gasteiger partial charge in [0.2, 0.25) is 0 Å². The van der Waals surface area contributed by atoms with Crippen LogP contribution < -0.4 is 5.32 Å². The summed E-state index contributed by atoms with van der Waals surface area (Å²) in [5, 5.41) is 5.96. The summed E-state index contributed by atoms with van der Waals surface area (Å²) in [5.41, 5.74) is 12.3. The Kier molecular flexibility index (Phi) is 4.11. The van der Waals surface area contributed by atoms with Crippen molar-refractivity contribution in [2.75, 3.05) is 5.32 Å². The fourth-order valence-electron chi connectivity index (χ4n) is 6.59. The van der Waals surface area contributed by atoms with E-state index < -0.39 is 0 Å². The van der Waals surface area contributed by atoms with Gasteiger partial charge in [0.1, 0.15) is 16.7 Å². The number of nitrogens with zero attached hydrogens (tertiary/aromatic N) is 4. The summed E-state index contributed by atoms with van der Waals surface area (Å²) in [7, 11) is 0. The Bertz CT molecular complexity index is 2180. The lowest BCUT2D eigenvalue weighted by atomic mass is 9.90. The standard InChI is InChI=1S/C34H23N5/c1-2-9-21(10-3-1)39-29-14-7-5-12-24(29)26-20-31-33(37-34(26)39)32-30(15-8-18-35-32)38(31)22-16-17-28-25(19-22)23-11-4-6-13-27(23)36-28/h1-18,20,25,36H,19H2. The molecule has 9 rings (SSSR count). The van der Waals surface area contributed by atoms with Crippen molar-refractivity contribution < 1.29 is 0 Å². The van der Waals surface area contributed by atoms with Crippen molar-refractivity contribution in [3.8, 4) is 5.69 Å². The number of rotatable bonds is 2. The summed E-state index contributed by atoms with van der Waals surface area (Å²) in [6, 6.07) is 34.2. The van der Waals surface area contributed by atoms with Crippen LogP contribution in [0.1, 0.15) is 17.9 Å². The Morgan fingerprint density at radius 1 is 0.692 bits per heavy atom. The van der Waals surface area contributed by atoms with Crippen molar-refractivity contribution in [3.63, 3.8) is 0 Å². The topological polar surface area (TPSA) is 47.7 Å². The third kappa shape index (κ3) is 2.84. The molecule has 5 heterocycles. The molecule has 4 aromatic heterocycles. The molecule has 0 bridgehead atoms. The predicted octanol–water partition coefficient (Wildman–Crippen LogP) is 8.02. The monoisotopic (exact) mass is 501 g/mol. The summed E-state index contributed by atoms with van der Waals surface area (Å²) in [6.45, 7) is 0. The van der Waals surface area contributed by atoms with Gasteiger partial charge in [0.05, 0.1) is 16.6 Å². The van der Waals surface area contributed by atoms with Crippen molar-refractivity contribution in [1.29, 1.82) is 0 Å². The van der Waals surface area contributed by atoms with E-state index in [0.717, 1.165) is 50.7 Å². The lowest BCUT2D eigenvalue weighted by Crippen LogP contribution is -2.09. The third-order valence-corrected chi connectivity index (χ3v) is 8.28. The van der Waals surface area contributed by atoms with Gasteiger partial charge in [0.15, 0.2) is 0 Å². The minimum atomic E-state index is 0.321. The molecule has 0 fully saturated rings. The number of nitrogens with one attached hydrogen (secondary N) is 1. The van der Waals surface area contributed by atoms with E-state index in [0.29, 0.717) is 5.92 Å². The number of hydrogen-bond acceptors (Lipinski definition) is 3. The molecule has 0 radical (unpaired) electrons. The molecule has 0 amide bonds. The second-order valence-corrected chi connectivity index (χ2v) is 10.4. The van der Waals surface area contributed by atoms with Crippen molar-refractivity contribution in [1.82, 2.24) is 19.1 Å². The number of allylic oxidation sites excluding steroid dienone is 4. The van der Waals surface area contributed by atoms with Gasteiger partial charge >= 0.3 is 0 Å². The Hall–Kier alpha value is -5.16. The fraction of sp³-hybridized carbons (Fsp3) is 0.0588. The molecule has 1 unspecified atom stereocenters. The predicted molar refractivity (Wildman–Crippen MR) is 159 cm³/mol. The molecular weight excluding hydrogens is 478 g/mol. The third-order valence-electron chi connectivity index (χ3n) is 8.28. The van der Waals surface area contributed by atoms with E-state index in [4.69, 9.17) is 9.97 Å². The second kappa shape index (κ2) is 7.68. The van der Waals surface area contributed by atoms with Crippen molar-refractivity contribution in [3.05, 3.63) is 127 Å². The highest BCUT2D eigenvalue weighted by molar-refractivity contribution is 6.15. The van der Waals surface area contributed by atoms with Gasteiger partial charge in [-0.3, -0.25) is 9.55 Å². The molecule has 3 aromatic carbocycles. The van der Waals surface area contributed by atoms with Gasteiger partial charge < -0.3 is 9.88 Å². The first-order chi connectivity index (χ1) is 19.3. The van der Waals surface area contributed by atoms with E-state index in [2.05, 4.69) is 118 Å². The lowest BCUT2D eigenvalue weighted by molar-refractivity contribution is 0.821. The molecule has 0 saturated carbocycles. The van der Waals surface area contributed by atoms with E-state index in [-0.39, 0.29) is 0 Å². The minimum Gasteiger partial charge on any atom is -0.358 e. The van der Waals surface area contributed by atoms with Gasteiger partial charge in [-0.1, -0.05) is 54.6 Å². The maximum absolute atomic E-state index is 5.36. The minimum absolute atomic E-state index is 0.321. The highest BCUT2D eigenvalue weighted by atomic mass is 15.1. The number of para-hydroxylation sites is 3. The van der Waals surface area contributed by atoms with Crippen molar-refractivity contribution >= 4 is 55.4 Å². The maximum Gasteiger partial charge on any atom is 0.146 e. The van der Waals surface area contributed by atoms with Crippen LogP contribution in [0, 0.1) is 0 Å². The highest BCUT2D eigenvalue weighted by Gasteiger charge is 2.31. The number of anilines is 1. The SMILES string of the molecule is C1=C2Nc3ccccc3C2CC(n2c3cccnc3c3nc4c(cc32)c2ccccc2n4-c2ccccc2)=C1. The molecular formula is C34H23N5. The van der Waals surface area contributed by atoms with Gasteiger partial charge in [-0.05, 0) is 60.2 Å². The molecule has 5 nitrogen and oxygen atoms in total. The summed E-state index contributed by atoms with van der Waals surface area (Å²) in [6.07, 6.45) is 7.28. The van der Waals surface area contributed by atoms with Gasteiger partial charge in [0, 0.05) is 52.1 Å². The number of pyridine rings is 2. The quantitative estimate of drug-likeness (QED) is 0.261. The van der Waals surface area contributed by atoms with E-state index >= 15 is 0 Å². The number of benzene rings is 3. The highest BCUT2D eigenvalue weighted by Crippen LogP contribution is 2.46. The average Bonchev–Trinajstić information content (AvgIpc) is 3.63. The zero-order valence-corrected chi connectivity index (χ0v) is 21.0. The number of aromatic nitrogens is 4. The molecule has 184 valence electrons. The smallest absolute Gasteiger partial charge is 0.146 e. The summed E-state index contributed by atoms with van der Waals surface area (Å²) >= 11 is 0. The fourth-order valence-corrected chi connectivity index (χ4v) is 6.59. The van der Waals surface area contributed by atoms with Crippen LogP contribution in [0.2, 0.25) is 0 Å². The Morgan fingerprint density at radius 3 is 2.46 bits per heavy atom. The summed E-state index contributed by atoms with van der Waals surface area (Å²) in [5.74, 6) is 0.321. The van der Waals surface area contributed by atoms with E-state index in [1.54, 1.807) is 0 Å². The first kappa shape index (κ1) is 20.8. The van der Waals surface area contributed by atoms with Crippen LogP contribution in [0.5, 0.6) is 0 Å². The first-order valence-corrected chi connectivity index (χ1v) is 13.4. The molecule has 5 heteroatoms. The van der Waals surface area contributed by atoms with Crippen molar-refractivity contribution in [2.45, 2.75) is 12.3 Å². The lowest BCUT2D eigenvalue weighted by Gasteiger charge is -2.21. The zero-order chi connectivity index (χ0) is 25.5. The molecule has 1 atom stereocenters. The summed E-state index contributed by atoms with van der Waals surface area (Å²) < 4.78 is 4.65. The van der Waals surface area contributed by atoms with Crippen molar-refractivity contribution in [2.24, 2.45) is 0 Å². The van der Waals surface area contributed by atoms with Crippen LogP contribution in [0.4, 0.5) is 5.69 Å². The Labute approximate surface area is 224 Å². The molecule has 0 saturated heterocycles. The molecule has 1 N–H and O–H groups in total. The molecule has 1 aliphatic carbocycles. The second-order valence-electron chi connectivity index (χ2n) is 10.4. The molecule has 39 heavy (non-hydrogen) atoms. The van der Waals surface area contributed by atoms with Gasteiger partial charge in [-0.2, -0.15) is 0 Å². The Balaban J connectivity index is 1.34. The molecule has 7 aromatic rings. The number of hydrogen-bond donors (Lipinski definition) is 1. The van der Waals surface area contributed by atoms with Crippen LogP contribution in [0.25, 0.3) is 55.4 Å². The number of fused-ring (bicyclic) bond motifs is 9. The van der Waals surface area contributed by atoms with E-state index in [9.17, 15) is 0 Å². The van der Waals surface area contributed by atoms with Gasteiger partial charge in [-0.15, -0.1) is 0 Å². The van der Waals surface area contributed by atoms with E-state index in [1.165, 1.54) is 28.0 Å². The normalized spacial score (nSPS) is 16.4. The van der Waals surface area contributed by atoms with Crippen LogP contribution in [-0.2, 0) is 0 Å². The molecule has 2 aliphatic rings. The summed E-state index contributed by atoms with van der Waals surface area (Å²) in [4.78, 5) is 10.2. The van der Waals surface area contributed by atoms with Crippen LogP contribution >= 0.6 is 0 Å². The van der Waals surface area contributed by atoms with Crippen LogP contribution in [0.3, 0.4) is 0 Å². The van der Waals surface area contributed by atoms with Crippen LogP contribution in [-0.4, -0.2) is 19.1 Å². The van der Waals surface area contributed by atoms with Crippen LogP contribution in [0.15, 0.2) is 121 Å².